The van der Waals surface area contributed by atoms with Crippen molar-refractivity contribution < 1.29 is 14.3 Å². The van der Waals surface area contributed by atoms with Gasteiger partial charge in [-0.15, -0.1) is 0 Å². The van der Waals surface area contributed by atoms with Crippen LogP contribution in [0, 0.1) is 11.3 Å². The van der Waals surface area contributed by atoms with Gasteiger partial charge in [-0.25, -0.2) is 0 Å². The van der Waals surface area contributed by atoms with Crippen molar-refractivity contribution in [3.63, 3.8) is 0 Å². The van der Waals surface area contributed by atoms with Crippen LogP contribution in [0.3, 0.4) is 0 Å². The monoisotopic (exact) mass is 351 g/mol. The Morgan fingerprint density at radius 2 is 1.96 bits per heavy atom. The number of nitrogens with zero attached hydrogens (tertiary/aromatic N) is 2. The molecule has 6 heteroatoms. The molecule has 142 valence electrons. The summed E-state index contributed by atoms with van der Waals surface area (Å²) in [5.41, 5.74) is 0.329. The molecule has 1 spiro atoms. The maximum atomic E-state index is 11.9. The quantitative estimate of drug-likeness (QED) is 0.467. The molecule has 1 aliphatic heterocycles. The summed E-state index contributed by atoms with van der Waals surface area (Å²) in [6.07, 6.45) is 7.01. The first-order valence-electron chi connectivity index (χ1n) is 9.91. The van der Waals surface area contributed by atoms with Gasteiger partial charge in [0, 0.05) is 38.2 Å². The van der Waals surface area contributed by atoms with Gasteiger partial charge in [-0.05, 0) is 46.0 Å². The van der Waals surface area contributed by atoms with Crippen molar-refractivity contribution in [2.45, 2.75) is 64.5 Å². The van der Waals surface area contributed by atoms with Crippen LogP contribution in [0.5, 0.6) is 0 Å². The molecular weight excluding hydrogens is 318 g/mol. The Morgan fingerprint density at radius 3 is 2.48 bits per heavy atom. The molecule has 3 fully saturated rings. The average Bonchev–Trinajstić information content (AvgIpc) is 2.56. The van der Waals surface area contributed by atoms with Crippen LogP contribution >= 0.6 is 0 Å². The topological polar surface area (TPSA) is 63.2 Å². The number of esters is 1. The smallest absolute Gasteiger partial charge is 0.309 e. The van der Waals surface area contributed by atoms with E-state index in [2.05, 4.69) is 22.1 Å². The Morgan fingerprint density at radius 1 is 1.24 bits per heavy atom. The number of nitrogens with one attached hydrogen (secondary N) is 1. The first-order chi connectivity index (χ1) is 12.1. The van der Waals surface area contributed by atoms with Gasteiger partial charge in [0.2, 0.25) is 0 Å². The minimum absolute atomic E-state index is 0.0401. The van der Waals surface area contributed by atoms with E-state index in [4.69, 9.17) is 9.47 Å². The molecule has 0 bridgehead atoms. The summed E-state index contributed by atoms with van der Waals surface area (Å²) in [7, 11) is 1.85. The molecule has 0 radical (unpaired) electrons. The lowest BCUT2D eigenvalue weighted by molar-refractivity contribution is -0.169. The van der Waals surface area contributed by atoms with E-state index in [1.165, 1.54) is 19.3 Å². The van der Waals surface area contributed by atoms with Crippen LogP contribution in [-0.4, -0.2) is 62.3 Å². The number of piperidine rings is 1. The van der Waals surface area contributed by atoms with Gasteiger partial charge in [0.15, 0.2) is 5.96 Å². The fourth-order valence-electron chi connectivity index (χ4n) is 4.68. The summed E-state index contributed by atoms with van der Waals surface area (Å²) in [5.74, 6) is 0.976. The van der Waals surface area contributed by atoms with Crippen LogP contribution in [0.1, 0.15) is 52.4 Å². The molecule has 3 rings (SSSR count). The van der Waals surface area contributed by atoms with Gasteiger partial charge in [0.05, 0.1) is 18.6 Å². The van der Waals surface area contributed by atoms with Crippen molar-refractivity contribution in [1.82, 2.24) is 10.2 Å². The normalized spacial score (nSPS) is 29.1. The number of carbonyl (C=O) groups excluding carboxylic acids is 1. The van der Waals surface area contributed by atoms with Gasteiger partial charge in [-0.1, -0.05) is 6.42 Å². The van der Waals surface area contributed by atoms with Gasteiger partial charge in [-0.3, -0.25) is 9.79 Å². The maximum absolute atomic E-state index is 11.9. The Balaban J connectivity index is 1.52. The van der Waals surface area contributed by atoms with Crippen LogP contribution < -0.4 is 5.32 Å². The molecule has 6 nitrogen and oxygen atoms in total. The second kappa shape index (κ2) is 7.94. The molecule has 0 amide bonds. The maximum Gasteiger partial charge on any atom is 0.309 e. The number of hydrogen-bond acceptors (Lipinski definition) is 4. The van der Waals surface area contributed by atoms with Crippen LogP contribution in [-0.2, 0) is 14.3 Å². The Hall–Kier alpha value is -1.30. The molecule has 0 aromatic heterocycles. The highest BCUT2D eigenvalue weighted by Gasteiger charge is 2.59. The molecule has 0 aromatic carbocycles. The molecule has 1 N–H and O–H groups in total. The SMILES string of the molecule is CCOC(=O)C1CCN(C(=NC)NC2CC(OCC)C23CCC3)CC1. The highest BCUT2D eigenvalue weighted by atomic mass is 16.5. The molecule has 2 atom stereocenters. The van der Waals surface area contributed by atoms with E-state index in [1.807, 2.05) is 14.0 Å². The predicted octanol–water partition coefficient (Wildman–Crippen LogP) is 2.18. The molecular formula is C19H33N3O3. The Kier molecular flexibility index (Phi) is 5.87. The minimum atomic E-state index is -0.0444. The molecule has 2 saturated carbocycles. The van der Waals surface area contributed by atoms with Crippen molar-refractivity contribution in [3.8, 4) is 0 Å². The van der Waals surface area contributed by atoms with Gasteiger partial charge >= 0.3 is 5.97 Å². The van der Waals surface area contributed by atoms with E-state index in [0.29, 0.717) is 24.2 Å². The number of carbonyl (C=O) groups is 1. The Bertz CT molecular complexity index is 496. The molecule has 2 aliphatic carbocycles. The average molecular weight is 351 g/mol. The van der Waals surface area contributed by atoms with Gasteiger partial charge in [0.1, 0.15) is 0 Å². The number of ether oxygens (including phenoxy) is 2. The summed E-state index contributed by atoms with van der Waals surface area (Å²) in [6.45, 7) is 6.93. The Labute approximate surface area is 151 Å². The summed E-state index contributed by atoms with van der Waals surface area (Å²) >= 11 is 0. The second-order valence-corrected chi connectivity index (χ2v) is 7.52. The lowest BCUT2D eigenvalue weighted by Gasteiger charge is -2.61. The largest absolute Gasteiger partial charge is 0.466 e. The third kappa shape index (κ3) is 3.50. The summed E-state index contributed by atoms with van der Waals surface area (Å²) in [4.78, 5) is 18.7. The number of likely N-dealkylation sites (tertiary alicyclic amines) is 1. The lowest BCUT2D eigenvalue weighted by Crippen LogP contribution is -2.69. The van der Waals surface area contributed by atoms with Crippen LogP contribution in [0.2, 0.25) is 0 Å². The van der Waals surface area contributed by atoms with E-state index < -0.39 is 0 Å². The van der Waals surface area contributed by atoms with Gasteiger partial charge in [0.25, 0.3) is 0 Å². The number of guanidine groups is 1. The zero-order valence-electron chi connectivity index (χ0n) is 15.9. The van der Waals surface area contributed by atoms with Crippen molar-refractivity contribution in [2.75, 3.05) is 33.4 Å². The van der Waals surface area contributed by atoms with Crippen molar-refractivity contribution >= 4 is 11.9 Å². The molecule has 25 heavy (non-hydrogen) atoms. The summed E-state index contributed by atoms with van der Waals surface area (Å²) < 4.78 is 11.1. The van der Waals surface area contributed by atoms with Crippen molar-refractivity contribution in [1.29, 1.82) is 0 Å². The molecule has 0 aromatic rings. The minimum Gasteiger partial charge on any atom is -0.466 e. The fourth-order valence-corrected chi connectivity index (χ4v) is 4.68. The van der Waals surface area contributed by atoms with E-state index in [1.54, 1.807) is 0 Å². The first kappa shape index (κ1) is 18.5. The zero-order chi connectivity index (χ0) is 17.9. The summed E-state index contributed by atoms with van der Waals surface area (Å²) in [5, 5.41) is 3.70. The highest BCUT2D eigenvalue weighted by Crippen LogP contribution is 2.57. The van der Waals surface area contributed by atoms with Crippen LogP contribution in [0.15, 0.2) is 4.99 Å². The second-order valence-electron chi connectivity index (χ2n) is 7.52. The third-order valence-corrected chi connectivity index (χ3v) is 6.37. The third-order valence-electron chi connectivity index (χ3n) is 6.37. The molecule has 3 aliphatic rings. The van der Waals surface area contributed by atoms with Crippen LogP contribution in [0.4, 0.5) is 0 Å². The number of aliphatic imine (C=N–C) groups is 1. The molecule has 1 heterocycles. The van der Waals surface area contributed by atoms with E-state index in [-0.39, 0.29) is 11.9 Å². The van der Waals surface area contributed by atoms with E-state index in [0.717, 1.165) is 44.9 Å². The van der Waals surface area contributed by atoms with E-state index in [9.17, 15) is 4.79 Å². The number of rotatable bonds is 5. The van der Waals surface area contributed by atoms with Crippen LogP contribution in [0.25, 0.3) is 0 Å². The van der Waals surface area contributed by atoms with Gasteiger partial charge < -0.3 is 19.7 Å². The first-order valence-corrected chi connectivity index (χ1v) is 9.91. The predicted molar refractivity (Wildman–Crippen MR) is 97.5 cm³/mol. The number of hydrogen-bond donors (Lipinski definition) is 1. The molecule has 2 unspecified atom stereocenters. The molecule has 1 saturated heterocycles. The van der Waals surface area contributed by atoms with E-state index >= 15 is 0 Å². The standard InChI is InChI=1S/C19H33N3O3/c1-4-24-16-13-15(19(16)9-6-10-19)21-18(20-3)22-11-7-14(8-12-22)17(23)25-5-2/h14-16H,4-13H2,1-3H3,(H,20,21). The van der Waals surface area contributed by atoms with Crippen molar-refractivity contribution in [2.24, 2.45) is 16.3 Å². The zero-order valence-corrected chi connectivity index (χ0v) is 15.9. The summed E-state index contributed by atoms with van der Waals surface area (Å²) in [6, 6.07) is 0.472. The van der Waals surface area contributed by atoms with Crippen molar-refractivity contribution in [3.05, 3.63) is 0 Å². The fraction of sp³-hybridized carbons (Fsp3) is 0.895. The van der Waals surface area contributed by atoms with Gasteiger partial charge in [-0.2, -0.15) is 0 Å². The lowest BCUT2D eigenvalue weighted by atomic mass is 9.51. The highest BCUT2D eigenvalue weighted by molar-refractivity contribution is 5.81.